The van der Waals surface area contributed by atoms with E-state index in [1.165, 1.54) is 29.6 Å². The van der Waals surface area contributed by atoms with Gasteiger partial charge in [-0.2, -0.15) is 26.3 Å². The fraction of sp³-hybridized carbons (Fsp3) is 0.565. The number of allylic oxidation sites excluding steroid dienone is 1. The summed E-state index contributed by atoms with van der Waals surface area (Å²) in [6.45, 7) is 5.11. The van der Waals surface area contributed by atoms with Crippen LogP contribution in [0.15, 0.2) is 41.6 Å². The van der Waals surface area contributed by atoms with Crippen LogP contribution in [-0.2, 0) is 16.0 Å². The van der Waals surface area contributed by atoms with E-state index in [1.807, 2.05) is 6.92 Å². The Bertz CT molecular complexity index is 874. The molecular formula is C23H28F6N2O2. The summed E-state index contributed by atoms with van der Waals surface area (Å²) < 4.78 is 86.0. The van der Waals surface area contributed by atoms with Crippen LogP contribution >= 0.6 is 0 Å². The Kier molecular flexibility index (Phi) is 7.91. The predicted octanol–water partition coefficient (Wildman–Crippen LogP) is 5.24. The largest absolute Gasteiger partial charge is 0.425 e. The molecule has 4 nitrogen and oxygen atoms in total. The second-order valence-electron chi connectivity index (χ2n) is 9.03. The summed E-state index contributed by atoms with van der Waals surface area (Å²) in [5.41, 5.74) is -7.33. The fourth-order valence-electron chi connectivity index (χ4n) is 4.01. The van der Waals surface area contributed by atoms with Gasteiger partial charge in [-0.05, 0) is 23.8 Å². The lowest BCUT2D eigenvalue weighted by Crippen LogP contribution is -2.70. The molecule has 2 rings (SSSR count). The molecule has 33 heavy (non-hydrogen) atoms. The monoisotopic (exact) mass is 478 g/mol. The van der Waals surface area contributed by atoms with Crippen LogP contribution in [0.3, 0.4) is 0 Å². The van der Waals surface area contributed by atoms with E-state index in [-0.39, 0.29) is 18.5 Å². The summed E-state index contributed by atoms with van der Waals surface area (Å²) in [5, 5.41) is 3.84. The molecule has 1 aromatic rings. The first-order chi connectivity index (χ1) is 15.1. The molecule has 0 saturated heterocycles. The minimum absolute atomic E-state index is 0.0997. The van der Waals surface area contributed by atoms with Gasteiger partial charge in [-0.1, -0.05) is 57.5 Å². The van der Waals surface area contributed by atoms with Gasteiger partial charge in [-0.15, -0.1) is 0 Å². The third-order valence-electron chi connectivity index (χ3n) is 5.50. The van der Waals surface area contributed by atoms with Gasteiger partial charge in [-0.3, -0.25) is 9.59 Å². The van der Waals surface area contributed by atoms with E-state index in [0.717, 1.165) is 0 Å². The van der Waals surface area contributed by atoms with E-state index in [9.17, 15) is 35.9 Å². The summed E-state index contributed by atoms with van der Waals surface area (Å²) in [4.78, 5) is 25.4. The molecule has 184 valence electrons. The number of rotatable bonds is 8. The number of hydrogen-bond donors (Lipinski definition) is 2. The number of unbranched alkanes of at least 4 members (excludes halogenated alkanes) is 1. The fourth-order valence-corrected chi connectivity index (χ4v) is 4.01. The van der Waals surface area contributed by atoms with Crippen molar-refractivity contribution >= 4 is 11.7 Å². The maximum Gasteiger partial charge on any atom is 0.425 e. The molecule has 0 heterocycles. The zero-order chi connectivity index (χ0) is 25.1. The van der Waals surface area contributed by atoms with Crippen molar-refractivity contribution in [1.29, 1.82) is 0 Å². The van der Waals surface area contributed by atoms with E-state index in [4.69, 9.17) is 0 Å². The van der Waals surface area contributed by atoms with Gasteiger partial charge in [-0.25, -0.2) is 0 Å². The number of nitrogens with one attached hydrogen (secondary N) is 2. The van der Waals surface area contributed by atoms with Crippen LogP contribution in [0.4, 0.5) is 26.3 Å². The minimum atomic E-state index is -6.01. The number of alkyl halides is 6. The number of amides is 1. The standard InChI is InChI=1S/C23H28F6N2O2/c1-4-5-11-30-16-13-20(2,3)14-17(32)19(16)21(22(24,25)26,23(27,28)29)31-18(33)12-15-9-7-6-8-10-15/h6-10,30H,4-5,11-14H2,1-3H3,(H,31,33). The molecule has 1 aromatic carbocycles. The zero-order valence-electron chi connectivity index (χ0n) is 18.7. The highest BCUT2D eigenvalue weighted by Crippen LogP contribution is 2.52. The molecule has 1 aliphatic carbocycles. The van der Waals surface area contributed by atoms with Crippen molar-refractivity contribution in [3.8, 4) is 0 Å². The molecule has 0 saturated carbocycles. The number of Topliss-reactive ketones (excluding diaryl/α,β-unsaturated/α-hetero) is 1. The van der Waals surface area contributed by atoms with Crippen LogP contribution in [0.1, 0.15) is 52.0 Å². The highest BCUT2D eigenvalue weighted by Gasteiger charge is 2.75. The molecular weight excluding hydrogens is 450 g/mol. The highest BCUT2D eigenvalue weighted by atomic mass is 19.4. The van der Waals surface area contributed by atoms with Crippen molar-refractivity contribution < 1.29 is 35.9 Å². The number of benzene rings is 1. The van der Waals surface area contributed by atoms with Crippen LogP contribution in [-0.4, -0.2) is 36.1 Å². The van der Waals surface area contributed by atoms with E-state index >= 15 is 0 Å². The molecule has 0 unspecified atom stereocenters. The quantitative estimate of drug-likeness (QED) is 0.397. The first kappa shape index (κ1) is 26.7. The molecule has 0 fully saturated rings. The Morgan fingerprint density at radius 1 is 1.00 bits per heavy atom. The maximum absolute atomic E-state index is 14.3. The number of carbonyl (C=O) groups is 2. The summed E-state index contributed by atoms with van der Waals surface area (Å²) in [7, 11) is 0. The van der Waals surface area contributed by atoms with Gasteiger partial charge in [0.25, 0.3) is 5.54 Å². The molecule has 0 radical (unpaired) electrons. The van der Waals surface area contributed by atoms with Crippen molar-refractivity contribution in [3.63, 3.8) is 0 Å². The van der Waals surface area contributed by atoms with Gasteiger partial charge in [0.05, 0.1) is 12.0 Å². The lowest BCUT2D eigenvalue weighted by Gasteiger charge is -2.43. The lowest BCUT2D eigenvalue weighted by molar-refractivity contribution is -0.292. The Labute approximate surface area is 188 Å². The maximum atomic E-state index is 14.3. The first-order valence-corrected chi connectivity index (χ1v) is 10.6. The molecule has 1 aliphatic rings. The van der Waals surface area contributed by atoms with Crippen molar-refractivity contribution in [2.24, 2.45) is 5.41 Å². The zero-order valence-corrected chi connectivity index (χ0v) is 18.7. The summed E-state index contributed by atoms with van der Waals surface area (Å²) in [6, 6.07) is 7.43. The van der Waals surface area contributed by atoms with Gasteiger partial charge < -0.3 is 10.6 Å². The summed E-state index contributed by atoms with van der Waals surface area (Å²) in [5.74, 6) is -2.78. The van der Waals surface area contributed by atoms with E-state index in [0.29, 0.717) is 12.8 Å². The van der Waals surface area contributed by atoms with Crippen LogP contribution in [0.25, 0.3) is 0 Å². The van der Waals surface area contributed by atoms with E-state index in [2.05, 4.69) is 5.32 Å². The van der Waals surface area contributed by atoms with Crippen LogP contribution < -0.4 is 10.6 Å². The second kappa shape index (κ2) is 9.77. The number of halogens is 6. The van der Waals surface area contributed by atoms with Crippen molar-refractivity contribution in [2.45, 2.75) is 70.8 Å². The second-order valence-corrected chi connectivity index (χ2v) is 9.03. The molecule has 0 bridgehead atoms. The summed E-state index contributed by atoms with van der Waals surface area (Å²) >= 11 is 0. The van der Waals surface area contributed by atoms with Crippen molar-refractivity contribution in [3.05, 3.63) is 47.2 Å². The van der Waals surface area contributed by atoms with Crippen LogP contribution in [0.5, 0.6) is 0 Å². The Morgan fingerprint density at radius 2 is 1.58 bits per heavy atom. The topological polar surface area (TPSA) is 58.2 Å². The molecule has 0 aromatic heterocycles. The lowest BCUT2D eigenvalue weighted by atomic mass is 9.70. The predicted molar refractivity (Wildman–Crippen MR) is 111 cm³/mol. The molecule has 0 aliphatic heterocycles. The molecule has 2 N–H and O–H groups in total. The normalized spacial score (nSPS) is 17.2. The Morgan fingerprint density at radius 3 is 2.09 bits per heavy atom. The molecule has 0 atom stereocenters. The number of ketones is 1. The average Bonchev–Trinajstić information content (AvgIpc) is 2.65. The Balaban J connectivity index is 2.68. The summed E-state index contributed by atoms with van der Waals surface area (Å²) in [6.07, 6.45) is -12.3. The number of hydrogen-bond acceptors (Lipinski definition) is 3. The third kappa shape index (κ3) is 5.89. The van der Waals surface area contributed by atoms with Crippen LogP contribution in [0, 0.1) is 5.41 Å². The van der Waals surface area contributed by atoms with Gasteiger partial charge in [0.1, 0.15) is 0 Å². The minimum Gasteiger partial charge on any atom is -0.388 e. The van der Waals surface area contributed by atoms with Crippen LogP contribution in [0.2, 0.25) is 0 Å². The van der Waals surface area contributed by atoms with Crippen molar-refractivity contribution in [2.75, 3.05) is 6.54 Å². The Hall–Kier alpha value is -2.52. The first-order valence-electron chi connectivity index (χ1n) is 10.6. The molecule has 1 amide bonds. The third-order valence-corrected chi connectivity index (χ3v) is 5.50. The van der Waals surface area contributed by atoms with Gasteiger partial charge >= 0.3 is 12.4 Å². The SMILES string of the molecule is CCCCNC1=C(C(NC(=O)Cc2ccccc2)(C(F)(F)F)C(F)(F)F)C(=O)CC(C)(C)C1. The average molecular weight is 478 g/mol. The van der Waals surface area contributed by atoms with Gasteiger partial charge in [0.15, 0.2) is 5.78 Å². The molecule has 10 heteroatoms. The van der Waals surface area contributed by atoms with Gasteiger partial charge in [0.2, 0.25) is 5.91 Å². The van der Waals surface area contributed by atoms with E-state index in [1.54, 1.807) is 19.9 Å². The number of carbonyl (C=O) groups excluding carboxylic acids is 2. The smallest absolute Gasteiger partial charge is 0.388 e. The van der Waals surface area contributed by atoms with Gasteiger partial charge in [0, 0.05) is 18.7 Å². The molecule has 0 spiro atoms. The van der Waals surface area contributed by atoms with Crippen molar-refractivity contribution in [1.82, 2.24) is 10.6 Å². The van der Waals surface area contributed by atoms with E-state index < -0.39 is 59.1 Å². The highest BCUT2D eigenvalue weighted by molar-refractivity contribution is 6.01.